The van der Waals surface area contributed by atoms with Gasteiger partial charge in [0.25, 0.3) is 11.4 Å². The zero-order chi connectivity index (χ0) is 15.1. The summed E-state index contributed by atoms with van der Waals surface area (Å²) in [4.78, 5) is 24.2. The van der Waals surface area contributed by atoms with Crippen molar-refractivity contribution >= 4 is 34.5 Å². The molecule has 2 aromatic rings. The molecule has 8 heteroatoms. The smallest absolute Gasteiger partial charge is 0.271 e. The molecule has 1 aliphatic heterocycles. The quantitative estimate of drug-likeness (QED) is 0.620. The van der Waals surface area contributed by atoms with Crippen LogP contribution in [-0.4, -0.2) is 16.9 Å². The molecule has 0 bridgehead atoms. The Balaban J connectivity index is 2.10. The van der Waals surface area contributed by atoms with Crippen molar-refractivity contribution in [2.75, 3.05) is 11.9 Å². The van der Waals surface area contributed by atoms with Crippen LogP contribution in [0.15, 0.2) is 46.2 Å². The molecule has 0 saturated carbocycles. The van der Waals surface area contributed by atoms with Crippen molar-refractivity contribution in [2.24, 2.45) is 0 Å². The van der Waals surface area contributed by atoms with Crippen molar-refractivity contribution in [3.05, 3.63) is 56.6 Å². The maximum Gasteiger partial charge on any atom is 0.271 e. The molecule has 2 aromatic carbocycles. The molecule has 0 N–H and O–H groups in total. The second-order valence-corrected chi connectivity index (χ2v) is 5.56. The lowest BCUT2D eigenvalue weighted by Crippen LogP contribution is -2.15. The van der Waals surface area contributed by atoms with E-state index >= 15 is 0 Å². The lowest BCUT2D eigenvalue weighted by Gasteiger charge is -2.28. The molecule has 0 aromatic heterocycles. The average Bonchev–Trinajstić information content (AvgIpc) is 2.46. The third-order valence-corrected chi connectivity index (χ3v) is 4.36. The molecule has 0 atom stereocenters. The Kier molecular flexibility index (Phi) is 3.02. The Labute approximate surface area is 123 Å². The minimum atomic E-state index is -0.440. The fourth-order valence-electron chi connectivity index (χ4n) is 2.19. The van der Waals surface area contributed by atoms with Crippen molar-refractivity contribution < 1.29 is 9.85 Å². The van der Waals surface area contributed by atoms with Crippen LogP contribution in [0.4, 0.5) is 22.7 Å². The number of nitro benzene ring substituents is 2. The van der Waals surface area contributed by atoms with Gasteiger partial charge in [-0.15, -0.1) is 0 Å². The fraction of sp³-hybridized carbons (Fsp3) is 0.0769. The Hall–Kier alpha value is -2.61. The van der Waals surface area contributed by atoms with Crippen LogP contribution in [0, 0.1) is 20.2 Å². The molecule has 1 aliphatic rings. The number of hydrogen-bond donors (Lipinski definition) is 0. The van der Waals surface area contributed by atoms with Crippen molar-refractivity contribution in [3.63, 3.8) is 0 Å². The summed E-state index contributed by atoms with van der Waals surface area (Å²) in [7, 11) is 1.78. The van der Waals surface area contributed by atoms with Gasteiger partial charge in [0.05, 0.1) is 21.2 Å². The van der Waals surface area contributed by atoms with E-state index < -0.39 is 9.85 Å². The van der Waals surface area contributed by atoms with Crippen molar-refractivity contribution in [1.29, 1.82) is 0 Å². The molecule has 3 rings (SSSR count). The van der Waals surface area contributed by atoms with Gasteiger partial charge in [0.1, 0.15) is 0 Å². The molecule has 21 heavy (non-hydrogen) atoms. The highest BCUT2D eigenvalue weighted by atomic mass is 32.2. The fourth-order valence-corrected chi connectivity index (χ4v) is 3.35. The van der Waals surface area contributed by atoms with E-state index in [-0.39, 0.29) is 11.4 Å². The summed E-state index contributed by atoms with van der Waals surface area (Å²) in [6.07, 6.45) is 0. The van der Waals surface area contributed by atoms with E-state index in [9.17, 15) is 20.2 Å². The molecular weight excluding hydrogens is 294 g/mol. The third-order valence-electron chi connectivity index (χ3n) is 3.25. The van der Waals surface area contributed by atoms with Crippen LogP contribution in [0.25, 0.3) is 0 Å². The van der Waals surface area contributed by atoms with E-state index in [1.807, 2.05) is 0 Å². The molecule has 7 nitrogen and oxygen atoms in total. The van der Waals surface area contributed by atoms with Gasteiger partial charge in [-0.3, -0.25) is 20.2 Å². The van der Waals surface area contributed by atoms with Gasteiger partial charge in [-0.05, 0) is 12.1 Å². The van der Waals surface area contributed by atoms with Crippen LogP contribution in [0.5, 0.6) is 0 Å². The zero-order valence-electron chi connectivity index (χ0n) is 10.8. The van der Waals surface area contributed by atoms with Crippen molar-refractivity contribution in [3.8, 4) is 0 Å². The lowest BCUT2D eigenvalue weighted by atomic mass is 10.2. The van der Waals surface area contributed by atoms with Gasteiger partial charge in [-0.25, -0.2) is 0 Å². The minimum Gasteiger partial charge on any atom is -0.343 e. The third kappa shape index (κ3) is 2.19. The molecule has 0 spiro atoms. The topological polar surface area (TPSA) is 89.5 Å². The minimum absolute atomic E-state index is 0.0200. The number of rotatable bonds is 2. The summed E-state index contributed by atoms with van der Waals surface area (Å²) in [5.41, 5.74) is 1.56. The van der Waals surface area contributed by atoms with Gasteiger partial charge < -0.3 is 4.90 Å². The van der Waals surface area contributed by atoms with Gasteiger partial charge >= 0.3 is 0 Å². The van der Waals surface area contributed by atoms with Crippen LogP contribution < -0.4 is 4.90 Å². The van der Waals surface area contributed by atoms with Crippen LogP contribution in [-0.2, 0) is 0 Å². The monoisotopic (exact) mass is 303 g/mol. The van der Waals surface area contributed by atoms with Gasteiger partial charge in [0, 0.05) is 41.1 Å². The number of fused-ring (bicyclic) bond motifs is 2. The number of anilines is 2. The van der Waals surface area contributed by atoms with Crippen LogP contribution >= 0.6 is 11.8 Å². The Bertz CT molecular complexity index is 778. The van der Waals surface area contributed by atoms with E-state index in [1.54, 1.807) is 24.1 Å². The predicted octanol–water partition coefficient (Wildman–Crippen LogP) is 3.74. The summed E-state index contributed by atoms with van der Waals surface area (Å²) in [5, 5.41) is 21.7. The van der Waals surface area contributed by atoms with E-state index in [0.717, 1.165) is 21.2 Å². The van der Waals surface area contributed by atoms with Crippen LogP contribution in [0.1, 0.15) is 0 Å². The normalized spacial score (nSPS) is 12.5. The zero-order valence-corrected chi connectivity index (χ0v) is 11.7. The van der Waals surface area contributed by atoms with Gasteiger partial charge in [0.15, 0.2) is 0 Å². The summed E-state index contributed by atoms with van der Waals surface area (Å²) >= 11 is 1.37. The molecule has 0 saturated heterocycles. The van der Waals surface area contributed by atoms with E-state index in [1.165, 1.54) is 36.0 Å². The maximum absolute atomic E-state index is 10.9. The second-order valence-electron chi connectivity index (χ2n) is 4.48. The van der Waals surface area contributed by atoms with Gasteiger partial charge in [0.2, 0.25) is 0 Å². The maximum atomic E-state index is 10.9. The number of non-ortho nitro benzene ring substituents is 2. The van der Waals surface area contributed by atoms with Crippen molar-refractivity contribution in [1.82, 2.24) is 0 Å². The molecule has 1 heterocycles. The summed E-state index contributed by atoms with van der Waals surface area (Å²) in [5.74, 6) is 0. The molecule has 0 radical (unpaired) electrons. The summed E-state index contributed by atoms with van der Waals surface area (Å²) in [6.45, 7) is 0. The van der Waals surface area contributed by atoms with Crippen LogP contribution in [0.2, 0.25) is 0 Å². The first-order valence-electron chi connectivity index (χ1n) is 5.96. The largest absolute Gasteiger partial charge is 0.343 e. The Morgan fingerprint density at radius 1 is 0.905 bits per heavy atom. The second kappa shape index (κ2) is 4.74. The van der Waals surface area contributed by atoms with Gasteiger partial charge in [-0.1, -0.05) is 11.8 Å². The number of nitro groups is 2. The number of benzene rings is 2. The van der Waals surface area contributed by atoms with E-state index in [0.29, 0.717) is 0 Å². The molecular formula is C13H9N3O4S. The first-order chi connectivity index (χ1) is 9.97. The standard InChI is InChI=1S/C13H9N3O4S/c1-14-10-4-2-9(16(19)20)7-13(10)21-12-5-3-8(15(17)18)6-11(12)14/h2-7H,1H3. The summed E-state index contributed by atoms with van der Waals surface area (Å²) < 4.78 is 0. The van der Waals surface area contributed by atoms with Crippen LogP contribution in [0.3, 0.4) is 0 Å². The highest BCUT2D eigenvalue weighted by Crippen LogP contribution is 2.49. The first kappa shape index (κ1) is 13.4. The molecule has 0 aliphatic carbocycles. The molecule has 0 fully saturated rings. The first-order valence-corrected chi connectivity index (χ1v) is 6.77. The Morgan fingerprint density at radius 3 is 2.19 bits per heavy atom. The summed E-state index contributed by atoms with van der Waals surface area (Å²) in [6, 6.07) is 9.20. The average molecular weight is 303 g/mol. The highest BCUT2D eigenvalue weighted by molar-refractivity contribution is 7.99. The number of hydrogen-bond acceptors (Lipinski definition) is 6. The molecule has 106 valence electrons. The highest BCUT2D eigenvalue weighted by Gasteiger charge is 2.24. The molecule has 0 amide bonds. The molecule has 0 unspecified atom stereocenters. The van der Waals surface area contributed by atoms with E-state index in [4.69, 9.17) is 0 Å². The lowest BCUT2D eigenvalue weighted by molar-refractivity contribution is -0.385. The predicted molar refractivity (Wildman–Crippen MR) is 78.4 cm³/mol. The van der Waals surface area contributed by atoms with Crippen molar-refractivity contribution in [2.45, 2.75) is 9.79 Å². The number of nitrogens with zero attached hydrogens (tertiary/aromatic N) is 3. The van der Waals surface area contributed by atoms with E-state index in [2.05, 4.69) is 0 Å². The Morgan fingerprint density at radius 2 is 1.52 bits per heavy atom. The SMILES string of the molecule is CN1c2ccc([N+](=O)[O-])cc2Sc2ccc([N+](=O)[O-])cc21. The van der Waals surface area contributed by atoms with Gasteiger partial charge in [-0.2, -0.15) is 0 Å².